The van der Waals surface area contributed by atoms with Gasteiger partial charge in [-0.05, 0) is 19.4 Å². The molecule has 126 valence electrons. The predicted octanol–water partition coefficient (Wildman–Crippen LogP) is 1.14. The Morgan fingerprint density at radius 2 is 1.83 bits per heavy atom. The molecule has 7 heteroatoms. The van der Waals surface area contributed by atoms with E-state index in [1.807, 2.05) is 30.3 Å². The molecule has 1 aromatic rings. The molecule has 2 atom stereocenters. The summed E-state index contributed by atoms with van der Waals surface area (Å²) in [4.78, 5) is 25.1. The third kappa shape index (κ3) is 3.90. The maximum Gasteiger partial charge on any atom is 0.308 e. The van der Waals surface area contributed by atoms with E-state index in [1.54, 1.807) is 0 Å². The average molecular weight is 339 g/mol. The minimum Gasteiger partial charge on any atom is -0.481 e. The van der Waals surface area contributed by atoms with Crippen molar-refractivity contribution < 1.29 is 23.1 Å². The van der Waals surface area contributed by atoms with Crippen molar-refractivity contribution in [1.29, 1.82) is 0 Å². The number of aliphatic carboxylic acids is 1. The number of benzene rings is 1. The Labute approximate surface area is 136 Å². The molecular weight excluding hydrogens is 318 g/mol. The number of sulfone groups is 1. The van der Waals surface area contributed by atoms with Crippen LogP contribution < -0.4 is 0 Å². The number of hydrogen-bond donors (Lipinski definition) is 1. The third-order valence-electron chi connectivity index (χ3n) is 4.26. The zero-order valence-electron chi connectivity index (χ0n) is 13.2. The lowest BCUT2D eigenvalue weighted by molar-refractivity contribution is -0.141. The summed E-state index contributed by atoms with van der Waals surface area (Å²) >= 11 is 0. The van der Waals surface area contributed by atoms with Gasteiger partial charge in [0.05, 0.1) is 11.2 Å². The molecule has 6 nitrogen and oxygen atoms in total. The monoisotopic (exact) mass is 339 g/mol. The van der Waals surface area contributed by atoms with Gasteiger partial charge in [-0.2, -0.15) is 0 Å². The lowest BCUT2D eigenvalue weighted by atomic mass is 9.89. The number of carbonyl (C=O) groups excluding carboxylic acids is 1. The number of amides is 1. The van der Waals surface area contributed by atoms with Crippen LogP contribution in [0.2, 0.25) is 0 Å². The highest BCUT2D eigenvalue weighted by atomic mass is 32.2. The molecule has 0 spiro atoms. The quantitative estimate of drug-likeness (QED) is 0.868. The van der Waals surface area contributed by atoms with E-state index in [0.29, 0.717) is 0 Å². The molecule has 23 heavy (non-hydrogen) atoms. The van der Waals surface area contributed by atoms with Crippen molar-refractivity contribution in [3.63, 3.8) is 0 Å². The largest absolute Gasteiger partial charge is 0.481 e. The number of rotatable bonds is 5. The summed E-state index contributed by atoms with van der Waals surface area (Å²) in [6.45, 7) is 3.33. The number of nitrogens with zero attached hydrogens (tertiary/aromatic N) is 1. The van der Waals surface area contributed by atoms with Crippen LogP contribution in [0.3, 0.4) is 0 Å². The summed E-state index contributed by atoms with van der Waals surface area (Å²) in [5.41, 5.74) is 0.849. The van der Waals surface area contributed by atoms with Gasteiger partial charge in [-0.15, -0.1) is 0 Å². The van der Waals surface area contributed by atoms with E-state index in [4.69, 9.17) is 0 Å². The predicted molar refractivity (Wildman–Crippen MR) is 85.8 cm³/mol. The Kier molecular flexibility index (Phi) is 5.09. The van der Waals surface area contributed by atoms with E-state index in [9.17, 15) is 23.1 Å². The third-order valence-corrected chi connectivity index (χ3v) is 6.35. The topological polar surface area (TPSA) is 91.8 Å². The standard InChI is InChI=1S/C16H21NO5S/c1-11(2)23(21,22)10-15(18)17-8-13(14(9-17)16(19)20)12-6-4-3-5-7-12/h3-7,11,13-14H,8-10H2,1-2H3,(H,19,20)/t13-,14-/m0/s1. The highest BCUT2D eigenvalue weighted by Gasteiger charge is 2.41. The molecular formula is C16H21NO5S. The maximum atomic E-state index is 12.3. The van der Waals surface area contributed by atoms with Gasteiger partial charge < -0.3 is 10.0 Å². The second-order valence-corrected chi connectivity index (χ2v) is 8.67. The van der Waals surface area contributed by atoms with E-state index >= 15 is 0 Å². The average Bonchev–Trinajstić information content (AvgIpc) is 2.93. The van der Waals surface area contributed by atoms with E-state index < -0.39 is 38.6 Å². The number of carboxylic acid groups (broad SMARTS) is 1. The molecule has 0 aliphatic carbocycles. The van der Waals surface area contributed by atoms with Crippen LogP contribution in [0.1, 0.15) is 25.3 Å². The Hall–Kier alpha value is -1.89. The first-order valence-electron chi connectivity index (χ1n) is 7.49. The van der Waals surface area contributed by atoms with Gasteiger partial charge in [-0.25, -0.2) is 8.42 Å². The summed E-state index contributed by atoms with van der Waals surface area (Å²) in [5, 5.41) is 8.78. The first kappa shape index (κ1) is 17.5. The number of carbonyl (C=O) groups is 2. The molecule has 1 heterocycles. The van der Waals surface area contributed by atoms with Crippen LogP contribution in [0.4, 0.5) is 0 Å². The SMILES string of the molecule is CC(C)S(=O)(=O)CC(=O)N1C[C@H](C(=O)O)[C@H](c2ccccc2)C1. The molecule has 1 amide bonds. The van der Waals surface area contributed by atoms with Crippen LogP contribution in [0.15, 0.2) is 30.3 Å². The van der Waals surface area contributed by atoms with Gasteiger partial charge in [0.1, 0.15) is 5.75 Å². The number of carboxylic acids is 1. The van der Waals surface area contributed by atoms with Crippen LogP contribution in [-0.2, 0) is 19.4 Å². The van der Waals surface area contributed by atoms with Crippen LogP contribution in [-0.4, -0.2) is 54.4 Å². The maximum absolute atomic E-state index is 12.3. The minimum absolute atomic E-state index is 0.0430. The highest BCUT2D eigenvalue weighted by molar-refractivity contribution is 7.92. The molecule has 0 aromatic heterocycles. The molecule has 0 radical (unpaired) electrons. The minimum atomic E-state index is -3.49. The number of likely N-dealkylation sites (tertiary alicyclic amines) is 1. The molecule has 0 bridgehead atoms. The lowest BCUT2D eigenvalue weighted by Crippen LogP contribution is -2.36. The van der Waals surface area contributed by atoms with Crippen LogP contribution in [0, 0.1) is 5.92 Å². The second-order valence-electron chi connectivity index (χ2n) is 6.12. The van der Waals surface area contributed by atoms with Crippen molar-refractivity contribution >= 4 is 21.7 Å². The van der Waals surface area contributed by atoms with Crippen LogP contribution in [0.5, 0.6) is 0 Å². The van der Waals surface area contributed by atoms with Crippen molar-refractivity contribution in [3.05, 3.63) is 35.9 Å². The summed E-state index contributed by atoms with van der Waals surface area (Å²) < 4.78 is 23.8. The van der Waals surface area contributed by atoms with Gasteiger partial charge in [0.25, 0.3) is 0 Å². The van der Waals surface area contributed by atoms with E-state index in [1.165, 1.54) is 18.7 Å². The molecule has 1 aromatic carbocycles. The van der Waals surface area contributed by atoms with Crippen molar-refractivity contribution in [2.24, 2.45) is 5.92 Å². The highest BCUT2D eigenvalue weighted by Crippen LogP contribution is 2.33. The Morgan fingerprint density at radius 3 is 2.35 bits per heavy atom. The molecule has 1 aliphatic heterocycles. The first-order valence-corrected chi connectivity index (χ1v) is 9.21. The van der Waals surface area contributed by atoms with E-state index in [0.717, 1.165) is 5.56 Å². The van der Waals surface area contributed by atoms with Crippen molar-refractivity contribution in [3.8, 4) is 0 Å². The van der Waals surface area contributed by atoms with Gasteiger partial charge in [0, 0.05) is 19.0 Å². The van der Waals surface area contributed by atoms with Gasteiger partial charge in [0.15, 0.2) is 9.84 Å². The fraction of sp³-hybridized carbons (Fsp3) is 0.500. The van der Waals surface area contributed by atoms with Crippen molar-refractivity contribution in [1.82, 2.24) is 4.90 Å². The molecule has 1 fully saturated rings. The van der Waals surface area contributed by atoms with E-state index in [-0.39, 0.29) is 19.0 Å². The molecule has 1 saturated heterocycles. The molecule has 2 rings (SSSR count). The Bertz CT molecular complexity index is 684. The Morgan fingerprint density at radius 1 is 1.22 bits per heavy atom. The second kappa shape index (κ2) is 6.70. The molecule has 1 N–H and O–H groups in total. The van der Waals surface area contributed by atoms with Gasteiger partial charge in [-0.1, -0.05) is 30.3 Å². The van der Waals surface area contributed by atoms with Crippen LogP contribution in [0.25, 0.3) is 0 Å². The first-order chi connectivity index (χ1) is 10.7. The fourth-order valence-corrected chi connectivity index (χ4v) is 3.59. The van der Waals surface area contributed by atoms with Gasteiger partial charge in [-0.3, -0.25) is 9.59 Å². The molecule has 0 saturated carbocycles. The molecule has 1 aliphatic rings. The van der Waals surface area contributed by atoms with E-state index in [2.05, 4.69) is 0 Å². The fourth-order valence-electron chi connectivity index (χ4n) is 2.73. The smallest absolute Gasteiger partial charge is 0.308 e. The normalized spacial score (nSPS) is 21.6. The lowest BCUT2D eigenvalue weighted by Gasteiger charge is -2.17. The summed E-state index contributed by atoms with van der Waals surface area (Å²) in [7, 11) is -3.49. The van der Waals surface area contributed by atoms with Crippen molar-refractivity contribution in [2.45, 2.75) is 25.0 Å². The van der Waals surface area contributed by atoms with Gasteiger partial charge in [0.2, 0.25) is 5.91 Å². The van der Waals surface area contributed by atoms with Crippen LogP contribution >= 0.6 is 0 Å². The zero-order chi connectivity index (χ0) is 17.2. The number of hydrogen-bond acceptors (Lipinski definition) is 4. The van der Waals surface area contributed by atoms with Crippen molar-refractivity contribution in [2.75, 3.05) is 18.8 Å². The van der Waals surface area contributed by atoms with Gasteiger partial charge >= 0.3 is 5.97 Å². The Balaban J connectivity index is 2.17. The zero-order valence-corrected chi connectivity index (χ0v) is 14.0. The summed E-state index contributed by atoms with van der Waals surface area (Å²) in [5.74, 6) is -3.11. The summed E-state index contributed by atoms with van der Waals surface area (Å²) in [6, 6.07) is 9.15. The molecule has 0 unspecified atom stereocenters. The summed E-state index contributed by atoms with van der Waals surface area (Å²) in [6.07, 6.45) is 0.